The second-order valence-electron chi connectivity index (χ2n) is 1.96. The lowest BCUT2D eigenvalue weighted by molar-refractivity contribution is 0.111. The Morgan fingerprint density at radius 2 is 2.36 bits per heavy atom. The van der Waals surface area contributed by atoms with Gasteiger partial charge < -0.3 is 0 Å². The summed E-state index contributed by atoms with van der Waals surface area (Å²) in [5.41, 5.74) is -0.0189. The quantitative estimate of drug-likeness (QED) is 0.638. The molecule has 1 rings (SSSR count). The maximum absolute atomic E-state index is 11.0. The topological polar surface area (TPSA) is 52.0 Å². The highest BCUT2D eigenvalue weighted by Gasteiger charge is 2.00. The van der Waals surface area contributed by atoms with Crippen LogP contribution in [0, 0.1) is 0 Å². The number of aldehydes is 1. The molecule has 1 aromatic rings. The van der Waals surface area contributed by atoms with Gasteiger partial charge in [0.2, 0.25) is 0 Å². The van der Waals surface area contributed by atoms with Crippen LogP contribution in [0.15, 0.2) is 15.3 Å². The zero-order chi connectivity index (χ0) is 8.43. The van der Waals surface area contributed by atoms with Gasteiger partial charge in [0, 0.05) is 7.05 Å². The minimum absolute atomic E-state index is 0.235. The summed E-state index contributed by atoms with van der Waals surface area (Å²) in [4.78, 5) is 21.2. The number of halogens is 1. The summed E-state index contributed by atoms with van der Waals surface area (Å²) in [6.45, 7) is 0. The van der Waals surface area contributed by atoms with Crippen LogP contribution in [0.25, 0.3) is 0 Å². The summed E-state index contributed by atoms with van der Waals surface area (Å²) in [6, 6.07) is 1.38. The average molecular weight is 217 g/mol. The molecule has 0 aliphatic rings. The molecule has 0 saturated heterocycles. The second kappa shape index (κ2) is 2.96. The third kappa shape index (κ3) is 1.54. The Balaban J connectivity index is 3.43. The van der Waals surface area contributed by atoms with Crippen LogP contribution in [0.4, 0.5) is 0 Å². The van der Waals surface area contributed by atoms with E-state index in [9.17, 15) is 9.59 Å². The van der Waals surface area contributed by atoms with Crippen molar-refractivity contribution in [1.82, 2.24) is 9.78 Å². The molecule has 0 aromatic carbocycles. The van der Waals surface area contributed by atoms with E-state index in [1.165, 1.54) is 13.1 Å². The molecule has 0 bridgehead atoms. The number of aryl methyl sites for hydroxylation is 1. The molecule has 0 radical (unpaired) electrons. The van der Waals surface area contributed by atoms with Gasteiger partial charge in [0.15, 0.2) is 6.29 Å². The predicted molar refractivity (Wildman–Crippen MR) is 42.6 cm³/mol. The van der Waals surface area contributed by atoms with E-state index in [0.29, 0.717) is 10.8 Å². The highest BCUT2D eigenvalue weighted by atomic mass is 79.9. The Kier molecular flexibility index (Phi) is 2.19. The van der Waals surface area contributed by atoms with Crippen LogP contribution in [-0.2, 0) is 7.05 Å². The second-order valence-corrected chi connectivity index (χ2v) is 2.82. The molecule has 5 heteroatoms. The lowest BCUT2D eigenvalue weighted by Crippen LogP contribution is -2.21. The highest BCUT2D eigenvalue weighted by molar-refractivity contribution is 9.10. The van der Waals surface area contributed by atoms with Crippen LogP contribution in [0.1, 0.15) is 10.5 Å². The third-order valence-electron chi connectivity index (χ3n) is 1.16. The maximum atomic E-state index is 11.0. The molecule has 0 saturated carbocycles. The molecule has 58 valence electrons. The molecule has 0 spiro atoms. The Morgan fingerprint density at radius 3 is 2.82 bits per heavy atom. The number of rotatable bonds is 1. The Morgan fingerprint density at radius 1 is 1.73 bits per heavy atom. The van der Waals surface area contributed by atoms with Crippen LogP contribution in [0.2, 0.25) is 0 Å². The van der Waals surface area contributed by atoms with Crippen molar-refractivity contribution >= 4 is 22.2 Å². The Hall–Kier alpha value is -0.970. The van der Waals surface area contributed by atoms with E-state index in [4.69, 9.17) is 0 Å². The van der Waals surface area contributed by atoms with Crippen molar-refractivity contribution < 1.29 is 4.79 Å². The van der Waals surface area contributed by atoms with Crippen molar-refractivity contribution in [2.75, 3.05) is 0 Å². The molecular formula is C6H5BrN2O2. The van der Waals surface area contributed by atoms with Crippen molar-refractivity contribution in [1.29, 1.82) is 0 Å². The molecule has 1 aromatic heterocycles. The van der Waals surface area contributed by atoms with Crippen LogP contribution >= 0.6 is 15.9 Å². The summed E-state index contributed by atoms with van der Waals surface area (Å²) >= 11 is 3.01. The number of carbonyl (C=O) groups excluding carboxylic acids is 1. The number of hydrogen-bond acceptors (Lipinski definition) is 3. The zero-order valence-electron chi connectivity index (χ0n) is 5.74. The standard InChI is InChI=1S/C6H5BrN2O2/c1-9-6(11)5(7)2-4(3-10)8-9/h2-3H,1H3. The predicted octanol–water partition coefficient (Wildman–Crippen LogP) is 0.355. The monoisotopic (exact) mass is 216 g/mol. The zero-order valence-corrected chi connectivity index (χ0v) is 7.33. The van der Waals surface area contributed by atoms with E-state index >= 15 is 0 Å². The van der Waals surface area contributed by atoms with Crippen molar-refractivity contribution in [3.05, 3.63) is 26.6 Å². The van der Waals surface area contributed by atoms with Crippen LogP contribution in [-0.4, -0.2) is 16.1 Å². The molecule has 0 aliphatic heterocycles. The lowest BCUT2D eigenvalue weighted by Gasteiger charge is -1.96. The first kappa shape index (κ1) is 8.13. The van der Waals surface area contributed by atoms with Gasteiger partial charge in [-0.05, 0) is 22.0 Å². The van der Waals surface area contributed by atoms with E-state index in [2.05, 4.69) is 21.0 Å². The molecule has 0 N–H and O–H groups in total. The first-order chi connectivity index (χ1) is 5.15. The smallest absolute Gasteiger partial charge is 0.280 e. The van der Waals surface area contributed by atoms with Gasteiger partial charge in [-0.2, -0.15) is 5.10 Å². The number of carbonyl (C=O) groups is 1. The summed E-state index contributed by atoms with van der Waals surface area (Å²) in [5, 5.41) is 3.66. The van der Waals surface area contributed by atoms with Crippen LogP contribution in [0.5, 0.6) is 0 Å². The van der Waals surface area contributed by atoms with E-state index in [1.54, 1.807) is 0 Å². The van der Waals surface area contributed by atoms with Gasteiger partial charge in [-0.15, -0.1) is 0 Å². The minimum atomic E-state index is -0.254. The van der Waals surface area contributed by atoms with Gasteiger partial charge in [-0.25, -0.2) is 4.68 Å². The van der Waals surface area contributed by atoms with Crippen molar-refractivity contribution in [2.24, 2.45) is 7.05 Å². The van der Waals surface area contributed by atoms with Gasteiger partial charge in [-0.3, -0.25) is 9.59 Å². The molecule has 0 aliphatic carbocycles. The highest BCUT2D eigenvalue weighted by Crippen LogP contribution is 2.01. The first-order valence-electron chi connectivity index (χ1n) is 2.84. The van der Waals surface area contributed by atoms with Crippen molar-refractivity contribution in [3.8, 4) is 0 Å². The largest absolute Gasteiger partial charge is 0.296 e. The third-order valence-corrected chi connectivity index (χ3v) is 1.73. The molecule has 0 atom stereocenters. The molecular weight excluding hydrogens is 212 g/mol. The SMILES string of the molecule is Cn1nc(C=O)cc(Br)c1=O. The van der Waals surface area contributed by atoms with E-state index < -0.39 is 0 Å². The Bertz CT molecular complexity index is 319. The number of aromatic nitrogens is 2. The van der Waals surface area contributed by atoms with Gasteiger partial charge >= 0.3 is 0 Å². The average Bonchev–Trinajstić information content (AvgIpc) is 1.99. The van der Waals surface area contributed by atoms with E-state index in [0.717, 1.165) is 4.68 Å². The van der Waals surface area contributed by atoms with Gasteiger partial charge in [0.25, 0.3) is 5.56 Å². The molecule has 0 fully saturated rings. The van der Waals surface area contributed by atoms with Crippen LogP contribution in [0.3, 0.4) is 0 Å². The van der Waals surface area contributed by atoms with E-state index in [1.807, 2.05) is 0 Å². The maximum Gasteiger partial charge on any atom is 0.280 e. The van der Waals surface area contributed by atoms with Gasteiger partial charge in [0.05, 0.1) is 4.47 Å². The van der Waals surface area contributed by atoms with Gasteiger partial charge in [-0.1, -0.05) is 0 Å². The summed E-state index contributed by atoms with van der Waals surface area (Å²) < 4.78 is 1.45. The summed E-state index contributed by atoms with van der Waals surface area (Å²) in [7, 11) is 1.49. The molecule has 0 amide bonds. The number of nitrogens with zero attached hydrogens (tertiary/aromatic N) is 2. The molecule has 1 heterocycles. The van der Waals surface area contributed by atoms with Crippen LogP contribution < -0.4 is 5.56 Å². The molecule has 4 nitrogen and oxygen atoms in total. The molecule has 0 unspecified atom stereocenters. The van der Waals surface area contributed by atoms with Crippen molar-refractivity contribution in [3.63, 3.8) is 0 Å². The summed E-state index contributed by atoms with van der Waals surface area (Å²) in [6.07, 6.45) is 0.588. The fraction of sp³-hybridized carbons (Fsp3) is 0.167. The summed E-state index contributed by atoms with van der Waals surface area (Å²) in [5.74, 6) is 0. The fourth-order valence-electron chi connectivity index (χ4n) is 0.651. The fourth-order valence-corrected chi connectivity index (χ4v) is 1.14. The first-order valence-corrected chi connectivity index (χ1v) is 3.63. The minimum Gasteiger partial charge on any atom is -0.296 e. The van der Waals surface area contributed by atoms with Crippen molar-refractivity contribution in [2.45, 2.75) is 0 Å². The lowest BCUT2D eigenvalue weighted by atomic mass is 10.4. The Labute approximate surface area is 71.0 Å². The van der Waals surface area contributed by atoms with E-state index in [-0.39, 0.29) is 11.3 Å². The number of hydrogen-bond donors (Lipinski definition) is 0. The molecule has 11 heavy (non-hydrogen) atoms. The normalized spacial score (nSPS) is 9.64. The van der Waals surface area contributed by atoms with Gasteiger partial charge in [0.1, 0.15) is 5.69 Å².